The molecule has 2 nitrogen and oxygen atoms in total. The number of nitrogens with one attached hydrogen (secondary N) is 1. The first-order valence-electron chi connectivity index (χ1n) is 6.12. The van der Waals surface area contributed by atoms with E-state index in [9.17, 15) is 4.39 Å². The molecule has 0 aromatic heterocycles. The summed E-state index contributed by atoms with van der Waals surface area (Å²) in [6, 6.07) is 3.42. The van der Waals surface area contributed by atoms with Gasteiger partial charge in [-0.15, -0.1) is 0 Å². The van der Waals surface area contributed by atoms with Gasteiger partial charge in [0.05, 0.1) is 15.7 Å². The summed E-state index contributed by atoms with van der Waals surface area (Å²) in [4.78, 5) is 2.39. The van der Waals surface area contributed by atoms with Crippen LogP contribution in [0.25, 0.3) is 0 Å². The van der Waals surface area contributed by atoms with Crippen molar-refractivity contribution in [2.45, 2.75) is 32.4 Å². The molecule has 0 amide bonds. The summed E-state index contributed by atoms with van der Waals surface area (Å²) in [5.74, 6) is -0.411. The molecule has 1 heterocycles. The number of halogens is 3. The average molecular weight is 291 g/mol. The van der Waals surface area contributed by atoms with Crippen LogP contribution in [0.4, 0.5) is 10.1 Å². The van der Waals surface area contributed by atoms with Crippen molar-refractivity contribution in [2.24, 2.45) is 0 Å². The van der Waals surface area contributed by atoms with Crippen LogP contribution in [0.1, 0.15) is 20.3 Å². The van der Waals surface area contributed by atoms with Crippen molar-refractivity contribution in [3.63, 3.8) is 0 Å². The Kier molecular flexibility index (Phi) is 4.36. The Hall–Kier alpha value is -0.510. The largest absolute Gasteiger partial charge is 0.379 e. The summed E-state index contributed by atoms with van der Waals surface area (Å²) in [5.41, 5.74) is 0.635. The Balaban J connectivity index is 2.07. The predicted octanol–water partition coefficient (Wildman–Crippen LogP) is 4.03. The maximum atomic E-state index is 13.1. The van der Waals surface area contributed by atoms with Gasteiger partial charge in [0, 0.05) is 25.2 Å². The molecule has 18 heavy (non-hydrogen) atoms. The second-order valence-corrected chi connectivity index (χ2v) is 5.78. The van der Waals surface area contributed by atoms with Crippen LogP contribution in [0, 0.1) is 5.82 Å². The van der Waals surface area contributed by atoms with Crippen molar-refractivity contribution >= 4 is 28.9 Å². The van der Waals surface area contributed by atoms with E-state index in [4.69, 9.17) is 23.2 Å². The zero-order valence-electron chi connectivity index (χ0n) is 10.5. The molecule has 1 N–H and O–H groups in total. The lowest BCUT2D eigenvalue weighted by molar-refractivity contribution is 0.274. The summed E-state index contributed by atoms with van der Waals surface area (Å²) in [5, 5.41) is 3.99. The van der Waals surface area contributed by atoms with Gasteiger partial charge in [-0.25, -0.2) is 4.39 Å². The normalized spacial score (nSPS) is 20.7. The number of anilines is 1. The van der Waals surface area contributed by atoms with Gasteiger partial charge in [-0.3, -0.25) is 4.90 Å². The summed E-state index contributed by atoms with van der Waals surface area (Å²) in [6.45, 7) is 6.38. The molecule has 1 atom stereocenters. The fourth-order valence-electron chi connectivity index (χ4n) is 2.26. The molecule has 0 saturated carbocycles. The molecule has 1 unspecified atom stereocenters. The minimum absolute atomic E-state index is 0.313. The number of hydrogen-bond donors (Lipinski definition) is 1. The Morgan fingerprint density at radius 2 is 1.94 bits per heavy atom. The lowest BCUT2D eigenvalue weighted by Crippen LogP contribution is -2.31. The number of likely N-dealkylation sites (tertiary alicyclic amines) is 1. The number of rotatable bonds is 3. The lowest BCUT2D eigenvalue weighted by Gasteiger charge is -2.21. The van der Waals surface area contributed by atoms with Crippen LogP contribution in [-0.4, -0.2) is 30.1 Å². The van der Waals surface area contributed by atoms with Gasteiger partial charge in [0.2, 0.25) is 0 Å². The number of hydrogen-bond acceptors (Lipinski definition) is 2. The van der Waals surface area contributed by atoms with Crippen molar-refractivity contribution in [1.82, 2.24) is 4.90 Å². The molecule has 100 valence electrons. The summed E-state index contributed by atoms with van der Waals surface area (Å²) >= 11 is 12.0. The summed E-state index contributed by atoms with van der Waals surface area (Å²) in [7, 11) is 0. The highest BCUT2D eigenvalue weighted by Gasteiger charge is 2.25. The molecule has 0 spiro atoms. The molecule has 1 saturated heterocycles. The molecule has 5 heteroatoms. The fourth-order valence-corrected chi connectivity index (χ4v) is 2.83. The first-order valence-corrected chi connectivity index (χ1v) is 6.88. The van der Waals surface area contributed by atoms with Crippen molar-refractivity contribution < 1.29 is 4.39 Å². The predicted molar refractivity (Wildman–Crippen MR) is 75.2 cm³/mol. The quantitative estimate of drug-likeness (QED) is 0.904. The summed E-state index contributed by atoms with van der Waals surface area (Å²) < 4.78 is 13.1. The standard InChI is InChI=1S/C13H17Cl2FN2/c1-8(2)18-4-3-10(7-18)17-13-11(14)5-9(16)6-12(13)15/h5-6,8,10,17H,3-4,7H2,1-2H3. The van der Waals surface area contributed by atoms with E-state index in [1.165, 1.54) is 12.1 Å². The summed E-state index contributed by atoms with van der Waals surface area (Å²) in [6.07, 6.45) is 1.04. The number of benzene rings is 1. The Labute approximate surface area is 117 Å². The van der Waals surface area contributed by atoms with Gasteiger partial charge in [0.25, 0.3) is 0 Å². The SMILES string of the molecule is CC(C)N1CCC(Nc2c(Cl)cc(F)cc2Cl)C1. The van der Waals surface area contributed by atoms with Gasteiger partial charge in [-0.05, 0) is 32.4 Å². The van der Waals surface area contributed by atoms with Gasteiger partial charge < -0.3 is 5.32 Å². The van der Waals surface area contributed by atoms with Crippen LogP contribution >= 0.6 is 23.2 Å². The van der Waals surface area contributed by atoms with E-state index in [-0.39, 0.29) is 0 Å². The molecular formula is C13H17Cl2FN2. The molecule has 2 rings (SSSR count). The van der Waals surface area contributed by atoms with E-state index >= 15 is 0 Å². The minimum Gasteiger partial charge on any atom is -0.379 e. The van der Waals surface area contributed by atoms with Gasteiger partial charge in [0.15, 0.2) is 0 Å². The molecule has 1 aliphatic heterocycles. The van der Waals surface area contributed by atoms with E-state index in [1.54, 1.807) is 0 Å². The average Bonchev–Trinajstić information content (AvgIpc) is 2.71. The molecule has 1 aliphatic rings. The van der Waals surface area contributed by atoms with Crippen LogP contribution < -0.4 is 5.32 Å². The van der Waals surface area contributed by atoms with Gasteiger partial charge in [0.1, 0.15) is 5.82 Å². The van der Waals surface area contributed by atoms with Crippen LogP contribution in [0.2, 0.25) is 10.0 Å². The van der Waals surface area contributed by atoms with Crippen molar-refractivity contribution in [3.8, 4) is 0 Å². The first kappa shape index (κ1) is 13.9. The fraction of sp³-hybridized carbons (Fsp3) is 0.538. The zero-order chi connectivity index (χ0) is 13.3. The second-order valence-electron chi connectivity index (χ2n) is 4.96. The molecule has 0 bridgehead atoms. The maximum Gasteiger partial charge on any atom is 0.126 e. The highest BCUT2D eigenvalue weighted by molar-refractivity contribution is 6.39. The van der Waals surface area contributed by atoms with E-state index in [0.717, 1.165) is 19.5 Å². The molecule has 0 radical (unpaired) electrons. The Morgan fingerprint density at radius 1 is 1.33 bits per heavy atom. The third-order valence-corrected chi connectivity index (χ3v) is 3.90. The zero-order valence-corrected chi connectivity index (χ0v) is 12.0. The highest BCUT2D eigenvalue weighted by atomic mass is 35.5. The minimum atomic E-state index is -0.411. The van der Waals surface area contributed by atoms with E-state index in [0.29, 0.717) is 27.8 Å². The third kappa shape index (κ3) is 3.08. The Bertz CT molecular complexity index is 414. The van der Waals surface area contributed by atoms with Crippen LogP contribution in [0.5, 0.6) is 0 Å². The van der Waals surface area contributed by atoms with Crippen molar-refractivity contribution in [1.29, 1.82) is 0 Å². The lowest BCUT2D eigenvalue weighted by atomic mass is 10.2. The highest BCUT2D eigenvalue weighted by Crippen LogP contribution is 2.33. The molecule has 1 aromatic rings. The third-order valence-electron chi connectivity index (χ3n) is 3.31. The molecule has 0 aliphatic carbocycles. The topological polar surface area (TPSA) is 15.3 Å². The smallest absolute Gasteiger partial charge is 0.126 e. The van der Waals surface area contributed by atoms with Crippen LogP contribution in [0.3, 0.4) is 0 Å². The van der Waals surface area contributed by atoms with Crippen molar-refractivity contribution in [2.75, 3.05) is 18.4 Å². The van der Waals surface area contributed by atoms with Gasteiger partial charge in [-0.2, -0.15) is 0 Å². The molecular weight excluding hydrogens is 274 g/mol. The molecule has 1 fully saturated rings. The van der Waals surface area contributed by atoms with E-state index < -0.39 is 5.82 Å². The first-order chi connectivity index (χ1) is 8.47. The van der Waals surface area contributed by atoms with E-state index in [2.05, 4.69) is 24.1 Å². The van der Waals surface area contributed by atoms with Gasteiger partial charge >= 0.3 is 0 Å². The maximum absolute atomic E-state index is 13.1. The van der Waals surface area contributed by atoms with E-state index in [1.807, 2.05) is 0 Å². The monoisotopic (exact) mass is 290 g/mol. The van der Waals surface area contributed by atoms with Crippen LogP contribution in [-0.2, 0) is 0 Å². The number of nitrogens with zero attached hydrogens (tertiary/aromatic N) is 1. The van der Waals surface area contributed by atoms with Crippen LogP contribution in [0.15, 0.2) is 12.1 Å². The Morgan fingerprint density at radius 3 is 2.44 bits per heavy atom. The van der Waals surface area contributed by atoms with Gasteiger partial charge in [-0.1, -0.05) is 23.2 Å². The van der Waals surface area contributed by atoms with Crippen molar-refractivity contribution in [3.05, 3.63) is 28.0 Å². The second kappa shape index (κ2) is 5.64. The molecule has 1 aromatic carbocycles.